The molecule has 0 saturated heterocycles. The zero-order valence-electron chi connectivity index (χ0n) is 13.3. The number of aryl methyl sites for hydroxylation is 1. The van der Waals surface area contributed by atoms with E-state index in [0.29, 0.717) is 23.3 Å². The Morgan fingerprint density at radius 2 is 1.65 bits per heavy atom. The van der Waals surface area contributed by atoms with Crippen molar-refractivity contribution < 1.29 is 14.9 Å². The first kappa shape index (κ1) is 14.4. The summed E-state index contributed by atoms with van der Waals surface area (Å²) in [6.45, 7) is 2.03. The monoisotopic (exact) mass is 310 g/mol. The van der Waals surface area contributed by atoms with Crippen molar-refractivity contribution in [3.63, 3.8) is 0 Å². The van der Waals surface area contributed by atoms with Crippen LogP contribution in [0.4, 0.5) is 0 Å². The Labute approximate surface area is 136 Å². The van der Waals surface area contributed by atoms with Crippen LogP contribution < -0.4 is 4.74 Å². The van der Waals surface area contributed by atoms with E-state index in [9.17, 15) is 10.2 Å². The van der Waals surface area contributed by atoms with Gasteiger partial charge in [-0.3, -0.25) is 0 Å². The van der Waals surface area contributed by atoms with E-state index in [1.54, 1.807) is 12.1 Å². The molecule has 23 heavy (non-hydrogen) atoms. The van der Waals surface area contributed by atoms with Crippen LogP contribution in [0.15, 0.2) is 36.4 Å². The van der Waals surface area contributed by atoms with E-state index in [4.69, 9.17) is 4.74 Å². The van der Waals surface area contributed by atoms with Gasteiger partial charge in [-0.15, -0.1) is 0 Å². The van der Waals surface area contributed by atoms with E-state index in [2.05, 4.69) is 0 Å². The number of phenols is 2. The fraction of sp³-hybridized carbons (Fsp3) is 0.400. The highest BCUT2D eigenvalue weighted by Crippen LogP contribution is 2.53. The van der Waals surface area contributed by atoms with E-state index in [1.165, 1.54) is 18.4 Å². The summed E-state index contributed by atoms with van der Waals surface area (Å²) in [5, 5.41) is 19.5. The van der Waals surface area contributed by atoms with Gasteiger partial charge in [-0.1, -0.05) is 18.9 Å². The molecule has 1 saturated carbocycles. The number of phenolic OH excluding ortho intramolecular Hbond substituents is 2. The van der Waals surface area contributed by atoms with E-state index in [1.807, 2.05) is 31.2 Å². The van der Waals surface area contributed by atoms with Crippen molar-refractivity contribution in [2.75, 3.05) is 0 Å². The summed E-state index contributed by atoms with van der Waals surface area (Å²) in [6, 6.07) is 11.0. The molecule has 120 valence electrons. The summed E-state index contributed by atoms with van der Waals surface area (Å²) in [5.74, 6) is 2.38. The number of benzene rings is 2. The normalized spacial score (nSPS) is 26.0. The number of ether oxygens (including phenoxy) is 1. The van der Waals surface area contributed by atoms with E-state index in [0.717, 1.165) is 29.7 Å². The molecule has 1 aliphatic heterocycles. The van der Waals surface area contributed by atoms with E-state index < -0.39 is 0 Å². The quantitative estimate of drug-likeness (QED) is 0.794. The first-order valence-corrected chi connectivity index (χ1v) is 8.42. The highest BCUT2D eigenvalue weighted by atomic mass is 16.5. The molecule has 3 heteroatoms. The number of rotatable bonds is 1. The Bertz CT molecular complexity index is 738. The molecular formula is C20H22O3. The van der Waals surface area contributed by atoms with Crippen LogP contribution in [-0.4, -0.2) is 10.2 Å². The molecule has 1 fully saturated rings. The van der Waals surface area contributed by atoms with Crippen LogP contribution >= 0.6 is 0 Å². The van der Waals surface area contributed by atoms with Crippen molar-refractivity contribution in [1.29, 1.82) is 0 Å². The van der Waals surface area contributed by atoms with Crippen LogP contribution in [0.25, 0.3) is 0 Å². The standard InChI is InChI=1S/C20H22O3/c1-12-10-13(21)6-8-15(12)20-17-5-3-2-4-16(17)18-11-14(22)7-9-19(18)23-20/h6-11,16-17,20-22H,2-5H2,1H3. The topological polar surface area (TPSA) is 49.7 Å². The molecule has 3 nitrogen and oxygen atoms in total. The molecule has 1 aliphatic carbocycles. The third kappa shape index (κ3) is 2.44. The molecule has 3 atom stereocenters. The van der Waals surface area contributed by atoms with Gasteiger partial charge in [-0.25, -0.2) is 0 Å². The molecule has 0 amide bonds. The van der Waals surface area contributed by atoms with Crippen LogP contribution in [0.1, 0.15) is 54.4 Å². The first-order valence-electron chi connectivity index (χ1n) is 8.42. The van der Waals surface area contributed by atoms with Crippen molar-refractivity contribution in [2.45, 2.75) is 44.6 Å². The summed E-state index contributed by atoms with van der Waals surface area (Å²) in [6.07, 6.45) is 4.78. The predicted octanol–water partition coefficient (Wildman–Crippen LogP) is 4.81. The van der Waals surface area contributed by atoms with Crippen molar-refractivity contribution in [3.8, 4) is 17.2 Å². The van der Waals surface area contributed by atoms with Gasteiger partial charge in [0.2, 0.25) is 0 Å². The molecule has 3 unspecified atom stereocenters. The van der Waals surface area contributed by atoms with Gasteiger partial charge in [0.15, 0.2) is 0 Å². The minimum Gasteiger partial charge on any atom is -0.508 e. The van der Waals surface area contributed by atoms with Crippen molar-refractivity contribution >= 4 is 0 Å². The van der Waals surface area contributed by atoms with E-state index in [-0.39, 0.29) is 6.10 Å². The summed E-state index contributed by atoms with van der Waals surface area (Å²) in [5.41, 5.74) is 3.39. The second-order valence-corrected chi connectivity index (χ2v) is 6.86. The summed E-state index contributed by atoms with van der Waals surface area (Å²) in [4.78, 5) is 0. The molecule has 1 heterocycles. The average Bonchev–Trinajstić information content (AvgIpc) is 2.55. The number of hydrogen-bond donors (Lipinski definition) is 2. The van der Waals surface area contributed by atoms with Gasteiger partial charge in [-0.05, 0) is 67.1 Å². The second kappa shape index (κ2) is 5.48. The van der Waals surface area contributed by atoms with Gasteiger partial charge in [0.05, 0.1) is 0 Å². The third-order valence-electron chi connectivity index (χ3n) is 5.41. The van der Waals surface area contributed by atoms with Crippen LogP contribution in [0.2, 0.25) is 0 Å². The lowest BCUT2D eigenvalue weighted by Crippen LogP contribution is -2.32. The molecule has 2 aromatic carbocycles. The fourth-order valence-corrected chi connectivity index (χ4v) is 4.34. The van der Waals surface area contributed by atoms with Crippen LogP contribution in [0, 0.1) is 12.8 Å². The van der Waals surface area contributed by atoms with Crippen LogP contribution in [0.5, 0.6) is 17.2 Å². The SMILES string of the molecule is Cc1cc(O)ccc1C1Oc2ccc(O)cc2C2CCCCC21. The maximum atomic E-state index is 9.85. The first-order chi connectivity index (χ1) is 11.1. The molecule has 4 rings (SSSR count). The summed E-state index contributed by atoms with van der Waals surface area (Å²) < 4.78 is 6.37. The summed E-state index contributed by atoms with van der Waals surface area (Å²) in [7, 11) is 0. The minimum absolute atomic E-state index is 0.0259. The van der Waals surface area contributed by atoms with Gasteiger partial charge >= 0.3 is 0 Å². The highest BCUT2D eigenvalue weighted by molar-refractivity contribution is 5.46. The number of fused-ring (bicyclic) bond motifs is 3. The minimum atomic E-state index is 0.0259. The van der Waals surface area contributed by atoms with Gasteiger partial charge in [-0.2, -0.15) is 0 Å². The summed E-state index contributed by atoms with van der Waals surface area (Å²) >= 11 is 0. The molecule has 2 aromatic rings. The molecule has 2 N–H and O–H groups in total. The molecular weight excluding hydrogens is 288 g/mol. The van der Waals surface area contributed by atoms with Gasteiger partial charge in [0, 0.05) is 11.5 Å². The average molecular weight is 310 g/mol. The lowest BCUT2D eigenvalue weighted by molar-refractivity contribution is 0.0674. The van der Waals surface area contributed by atoms with Crippen molar-refractivity contribution in [1.82, 2.24) is 0 Å². The number of aromatic hydroxyl groups is 2. The fourth-order valence-electron chi connectivity index (χ4n) is 4.34. The van der Waals surface area contributed by atoms with E-state index >= 15 is 0 Å². The second-order valence-electron chi connectivity index (χ2n) is 6.86. The molecule has 0 aromatic heterocycles. The van der Waals surface area contributed by atoms with Crippen molar-refractivity contribution in [2.24, 2.45) is 5.92 Å². The Balaban J connectivity index is 1.80. The van der Waals surface area contributed by atoms with Gasteiger partial charge < -0.3 is 14.9 Å². The Morgan fingerprint density at radius 3 is 2.48 bits per heavy atom. The molecule has 0 spiro atoms. The van der Waals surface area contributed by atoms with Gasteiger partial charge in [0.1, 0.15) is 23.4 Å². The van der Waals surface area contributed by atoms with Gasteiger partial charge in [0.25, 0.3) is 0 Å². The predicted molar refractivity (Wildman–Crippen MR) is 89.0 cm³/mol. The van der Waals surface area contributed by atoms with Crippen LogP contribution in [0.3, 0.4) is 0 Å². The highest BCUT2D eigenvalue weighted by Gasteiger charge is 2.40. The number of hydrogen-bond acceptors (Lipinski definition) is 3. The lowest BCUT2D eigenvalue weighted by Gasteiger charge is -2.43. The largest absolute Gasteiger partial charge is 0.508 e. The molecule has 0 radical (unpaired) electrons. The smallest absolute Gasteiger partial charge is 0.127 e. The van der Waals surface area contributed by atoms with Crippen molar-refractivity contribution in [3.05, 3.63) is 53.1 Å². The Hall–Kier alpha value is -2.16. The Kier molecular flexibility index (Phi) is 3.44. The maximum Gasteiger partial charge on any atom is 0.127 e. The molecule has 0 bridgehead atoms. The molecule has 2 aliphatic rings. The van der Waals surface area contributed by atoms with Crippen LogP contribution in [-0.2, 0) is 0 Å². The maximum absolute atomic E-state index is 9.85. The Morgan fingerprint density at radius 1 is 0.913 bits per heavy atom. The zero-order valence-corrected chi connectivity index (χ0v) is 13.3. The zero-order chi connectivity index (χ0) is 16.0. The lowest BCUT2D eigenvalue weighted by atomic mass is 9.69. The third-order valence-corrected chi connectivity index (χ3v) is 5.41.